The third-order valence-corrected chi connectivity index (χ3v) is 1.09. The van der Waals surface area contributed by atoms with Crippen LogP contribution in [0.5, 0.6) is 0 Å². The Balaban J connectivity index is 2.49. The molecule has 0 aromatic rings. The van der Waals surface area contributed by atoms with Crippen LogP contribution in [-0.2, 0) is 9.59 Å². The second-order valence-electron chi connectivity index (χ2n) is 1.68. The molecule has 0 aliphatic carbocycles. The van der Waals surface area contributed by atoms with Crippen molar-refractivity contribution in [2.45, 2.75) is 6.04 Å². The topological polar surface area (TPSA) is 72.2 Å². The van der Waals surface area contributed by atoms with Gasteiger partial charge in [0.1, 0.15) is 6.04 Å². The number of ketones is 1. The average molecular weight is 114 g/mol. The molecule has 1 rings (SSSR count). The van der Waals surface area contributed by atoms with Gasteiger partial charge in [-0.25, -0.2) is 0 Å². The van der Waals surface area contributed by atoms with Gasteiger partial charge in [0.25, 0.3) is 0 Å². The Morgan fingerprint density at radius 3 is 2.50 bits per heavy atom. The molecule has 1 heterocycles. The zero-order chi connectivity index (χ0) is 6.15. The van der Waals surface area contributed by atoms with E-state index in [4.69, 9.17) is 5.73 Å². The summed E-state index contributed by atoms with van der Waals surface area (Å²) >= 11 is 0. The molecule has 0 aromatic carbocycles. The van der Waals surface area contributed by atoms with E-state index in [1.807, 2.05) is 0 Å². The molecule has 1 atom stereocenters. The number of hydrogen-bond donors (Lipinski definition) is 2. The maximum atomic E-state index is 10.3. The lowest BCUT2D eigenvalue weighted by Gasteiger charge is -2.21. The number of carbonyl (C=O) groups excluding carboxylic acids is 2. The fourth-order valence-corrected chi connectivity index (χ4v) is 0.547. The Bertz CT molecular complexity index is 135. The molecule has 1 aliphatic heterocycles. The number of rotatable bonds is 1. The summed E-state index contributed by atoms with van der Waals surface area (Å²) in [6.07, 6.45) is 0. The maximum absolute atomic E-state index is 10.3. The Morgan fingerprint density at radius 2 is 2.50 bits per heavy atom. The summed E-state index contributed by atoms with van der Waals surface area (Å²) < 4.78 is 0. The van der Waals surface area contributed by atoms with Gasteiger partial charge in [-0.15, -0.1) is 0 Å². The van der Waals surface area contributed by atoms with Crippen LogP contribution in [0.25, 0.3) is 0 Å². The van der Waals surface area contributed by atoms with Gasteiger partial charge in [0.2, 0.25) is 5.91 Å². The van der Waals surface area contributed by atoms with E-state index < -0.39 is 11.9 Å². The minimum absolute atomic E-state index is 0.113. The molecule has 0 radical (unpaired) electrons. The molecule has 0 bridgehead atoms. The Labute approximate surface area is 46.0 Å². The molecular weight excluding hydrogens is 108 g/mol. The molecule has 1 amide bonds. The number of nitrogens with two attached hydrogens (primary N) is 1. The summed E-state index contributed by atoms with van der Waals surface area (Å²) in [5, 5.41) is 2.57. The van der Waals surface area contributed by atoms with Gasteiger partial charge in [-0.2, -0.15) is 0 Å². The highest BCUT2D eigenvalue weighted by Gasteiger charge is 2.31. The van der Waals surface area contributed by atoms with Gasteiger partial charge in [-0.1, -0.05) is 0 Å². The van der Waals surface area contributed by atoms with Gasteiger partial charge in [0.15, 0.2) is 5.78 Å². The van der Waals surface area contributed by atoms with Crippen LogP contribution in [0.3, 0.4) is 0 Å². The molecule has 1 saturated heterocycles. The van der Waals surface area contributed by atoms with Crippen LogP contribution in [0.1, 0.15) is 0 Å². The molecule has 1 unspecified atom stereocenters. The largest absolute Gasteiger partial charge is 0.368 e. The third-order valence-electron chi connectivity index (χ3n) is 1.09. The van der Waals surface area contributed by atoms with Crippen LogP contribution in [0.2, 0.25) is 0 Å². The normalized spacial score (nSPS) is 27.0. The van der Waals surface area contributed by atoms with Gasteiger partial charge in [-0.05, 0) is 0 Å². The first-order valence-electron chi connectivity index (χ1n) is 2.27. The van der Waals surface area contributed by atoms with Crippen molar-refractivity contribution in [1.82, 2.24) is 5.32 Å². The molecule has 4 heteroatoms. The van der Waals surface area contributed by atoms with E-state index >= 15 is 0 Å². The standard InChI is InChI=1S/C4H6N2O2/c5-4(8)3-2(7)1-6-3/h3,6H,1H2,(H2,5,8). The zero-order valence-electron chi connectivity index (χ0n) is 4.18. The molecule has 0 saturated carbocycles. The quantitative estimate of drug-likeness (QED) is 0.388. The number of primary amides is 1. The SMILES string of the molecule is NC(=O)C1NCC1=O. The smallest absolute Gasteiger partial charge is 0.242 e. The molecule has 8 heavy (non-hydrogen) atoms. The summed E-state index contributed by atoms with van der Waals surface area (Å²) in [6, 6.07) is -0.699. The number of amides is 1. The fraction of sp³-hybridized carbons (Fsp3) is 0.500. The molecule has 0 spiro atoms. The van der Waals surface area contributed by atoms with E-state index in [1.165, 1.54) is 0 Å². The molecular formula is C4H6N2O2. The van der Waals surface area contributed by atoms with Crippen LogP contribution < -0.4 is 11.1 Å². The monoisotopic (exact) mass is 114 g/mol. The molecule has 1 fully saturated rings. The summed E-state index contributed by atoms with van der Waals surface area (Å²) in [4.78, 5) is 20.4. The van der Waals surface area contributed by atoms with Gasteiger partial charge in [-0.3, -0.25) is 14.9 Å². The Morgan fingerprint density at radius 1 is 1.88 bits per heavy atom. The first-order chi connectivity index (χ1) is 3.72. The van der Waals surface area contributed by atoms with Crippen molar-refractivity contribution in [3.63, 3.8) is 0 Å². The summed E-state index contributed by atoms with van der Waals surface area (Å²) in [7, 11) is 0. The summed E-state index contributed by atoms with van der Waals surface area (Å²) in [6.45, 7) is 0.285. The van der Waals surface area contributed by atoms with E-state index in [1.54, 1.807) is 0 Å². The molecule has 3 N–H and O–H groups in total. The van der Waals surface area contributed by atoms with Crippen molar-refractivity contribution in [3.8, 4) is 0 Å². The second-order valence-corrected chi connectivity index (χ2v) is 1.68. The Kier molecular flexibility index (Phi) is 1.02. The third kappa shape index (κ3) is 0.586. The van der Waals surface area contributed by atoms with Crippen molar-refractivity contribution in [2.24, 2.45) is 5.73 Å². The first-order valence-corrected chi connectivity index (χ1v) is 2.27. The van der Waals surface area contributed by atoms with Gasteiger partial charge >= 0.3 is 0 Å². The van der Waals surface area contributed by atoms with Crippen molar-refractivity contribution < 1.29 is 9.59 Å². The molecule has 1 aliphatic rings. The predicted octanol–water partition coefficient (Wildman–Crippen LogP) is -1.99. The molecule has 4 nitrogen and oxygen atoms in total. The zero-order valence-corrected chi connectivity index (χ0v) is 4.18. The van der Waals surface area contributed by atoms with Crippen LogP contribution in [0.15, 0.2) is 0 Å². The number of Topliss-reactive ketones (excluding diaryl/α,β-unsaturated/α-hetero) is 1. The lowest BCUT2D eigenvalue weighted by Crippen LogP contribution is -2.60. The average Bonchev–Trinajstić information content (AvgIpc) is 1.61. The number of carbonyl (C=O) groups is 2. The predicted molar refractivity (Wildman–Crippen MR) is 26.0 cm³/mol. The summed E-state index contributed by atoms with van der Waals surface area (Å²) in [5.74, 6) is -0.696. The minimum atomic E-state index is -0.699. The van der Waals surface area contributed by atoms with Crippen molar-refractivity contribution in [1.29, 1.82) is 0 Å². The minimum Gasteiger partial charge on any atom is -0.368 e. The van der Waals surface area contributed by atoms with Gasteiger partial charge < -0.3 is 5.73 Å². The fourth-order valence-electron chi connectivity index (χ4n) is 0.547. The highest BCUT2D eigenvalue weighted by atomic mass is 16.2. The number of nitrogens with one attached hydrogen (secondary N) is 1. The van der Waals surface area contributed by atoms with E-state index in [0.29, 0.717) is 0 Å². The van der Waals surface area contributed by atoms with Crippen molar-refractivity contribution in [3.05, 3.63) is 0 Å². The van der Waals surface area contributed by atoms with Crippen molar-refractivity contribution >= 4 is 11.7 Å². The highest BCUT2D eigenvalue weighted by Crippen LogP contribution is 1.93. The maximum Gasteiger partial charge on any atom is 0.242 e. The van der Waals surface area contributed by atoms with E-state index in [9.17, 15) is 9.59 Å². The molecule has 44 valence electrons. The van der Waals surface area contributed by atoms with E-state index in [0.717, 1.165) is 0 Å². The van der Waals surface area contributed by atoms with Crippen LogP contribution >= 0.6 is 0 Å². The van der Waals surface area contributed by atoms with Crippen LogP contribution in [-0.4, -0.2) is 24.3 Å². The highest BCUT2D eigenvalue weighted by molar-refractivity contribution is 6.09. The lowest BCUT2D eigenvalue weighted by atomic mass is 10.1. The number of hydrogen-bond acceptors (Lipinski definition) is 3. The Hall–Kier alpha value is -0.900. The van der Waals surface area contributed by atoms with Crippen molar-refractivity contribution in [2.75, 3.05) is 6.54 Å². The van der Waals surface area contributed by atoms with E-state index in [2.05, 4.69) is 5.32 Å². The van der Waals surface area contributed by atoms with E-state index in [-0.39, 0.29) is 12.3 Å². The second kappa shape index (κ2) is 1.56. The van der Waals surface area contributed by atoms with Crippen LogP contribution in [0.4, 0.5) is 0 Å². The van der Waals surface area contributed by atoms with Gasteiger partial charge in [0.05, 0.1) is 6.54 Å². The lowest BCUT2D eigenvalue weighted by molar-refractivity contribution is -0.133. The van der Waals surface area contributed by atoms with Gasteiger partial charge in [0, 0.05) is 0 Å². The van der Waals surface area contributed by atoms with Crippen LogP contribution in [0, 0.1) is 0 Å². The first kappa shape index (κ1) is 5.24. The molecule has 0 aromatic heterocycles. The summed E-state index contributed by atoms with van der Waals surface area (Å²) in [5.41, 5.74) is 4.77.